The average molecular weight is 242 g/mol. The molecule has 0 aliphatic carbocycles. The van der Waals surface area contributed by atoms with Gasteiger partial charge in [-0.15, -0.1) is 0 Å². The number of carbonyl (C=O) groups is 1. The molecule has 0 spiro atoms. The molecule has 86 valence electrons. The van der Waals surface area contributed by atoms with Gasteiger partial charge in [0, 0.05) is 13.1 Å². The Bertz CT molecular complexity index is 526. The Balaban J connectivity index is 2.41. The van der Waals surface area contributed by atoms with Gasteiger partial charge in [0.05, 0.1) is 11.3 Å². The first-order valence-corrected chi connectivity index (χ1v) is 6.05. The Hall–Kier alpha value is -1.60. The lowest BCUT2D eigenvalue weighted by Crippen LogP contribution is -2.29. The van der Waals surface area contributed by atoms with Crippen molar-refractivity contribution in [3.05, 3.63) is 29.8 Å². The highest BCUT2D eigenvalue weighted by atomic mass is 32.2. The molecule has 1 aromatic rings. The maximum Gasteiger partial charge on any atom is 0.335 e. The van der Waals surface area contributed by atoms with Crippen molar-refractivity contribution >= 4 is 21.9 Å². The van der Waals surface area contributed by atoms with E-state index in [4.69, 9.17) is 5.11 Å². The predicted octanol–water partition coefficient (Wildman–Crippen LogP) is 0.0392. The zero-order valence-electron chi connectivity index (χ0n) is 8.25. The van der Waals surface area contributed by atoms with Crippen LogP contribution in [-0.4, -0.2) is 32.6 Å². The fourth-order valence-corrected chi connectivity index (χ4v) is 2.76. The molecule has 0 atom stereocenters. The predicted molar refractivity (Wildman–Crippen MR) is 57.7 cm³/mol. The average Bonchev–Trinajstić information content (AvgIpc) is 2.58. The lowest BCUT2D eigenvalue weighted by Gasteiger charge is -2.15. The highest BCUT2D eigenvalue weighted by Crippen LogP contribution is 2.20. The number of benzene rings is 1. The van der Waals surface area contributed by atoms with E-state index < -0.39 is 16.2 Å². The summed E-state index contributed by atoms with van der Waals surface area (Å²) in [5.41, 5.74) is 0.435. The molecule has 1 saturated heterocycles. The second-order valence-electron chi connectivity index (χ2n) is 3.33. The molecule has 0 radical (unpaired) electrons. The van der Waals surface area contributed by atoms with Crippen molar-refractivity contribution in [2.45, 2.75) is 0 Å². The Morgan fingerprint density at radius 2 is 2.19 bits per heavy atom. The molecule has 1 heterocycles. The van der Waals surface area contributed by atoms with Crippen LogP contribution in [0.2, 0.25) is 0 Å². The third kappa shape index (κ3) is 1.86. The minimum atomic E-state index is -3.49. The highest BCUT2D eigenvalue weighted by molar-refractivity contribution is 7.91. The number of carboxylic acid groups (broad SMARTS) is 1. The Kier molecular flexibility index (Phi) is 2.56. The van der Waals surface area contributed by atoms with Gasteiger partial charge < -0.3 is 5.11 Å². The summed E-state index contributed by atoms with van der Waals surface area (Å²) in [6.45, 7) is 0.644. The number of nitrogens with zero attached hydrogens (tertiary/aromatic N) is 1. The molecule has 0 unspecified atom stereocenters. The number of aromatic carboxylic acids is 1. The van der Waals surface area contributed by atoms with E-state index in [9.17, 15) is 13.2 Å². The van der Waals surface area contributed by atoms with Crippen LogP contribution in [0.25, 0.3) is 0 Å². The van der Waals surface area contributed by atoms with E-state index in [0.29, 0.717) is 18.8 Å². The first-order valence-electron chi connectivity index (χ1n) is 4.61. The van der Waals surface area contributed by atoms with Crippen molar-refractivity contribution < 1.29 is 18.3 Å². The number of carboxylic acids is 1. The molecule has 2 rings (SSSR count). The summed E-state index contributed by atoms with van der Waals surface area (Å²) in [5.74, 6) is -1.08. The second-order valence-corrected chi connectivity index (χ2v) is 5.01. The Labute approximate surface area is 92.7 Å². The second kappa shape index (κ2) is 3.76. The van der Waals surface area contributed by atoms with E-state index in [1.807, 2.05) is 0 Å². The molecule has 0 aromatic heterocycles. The smallest absolute Gasteiger partial charge is 0.335 e. The van der Waals surface area contributed by atoms with Crippen LogP contribution >= 0.6 is 0 Å². The largest absolute Gasteiger partial charge is 0.478 e. The van der Waals surface area contributed by atoms with Crippen LogP contribution in [0.15, 0.2) is 24.3 Å². The number of rotatable bonds is 2. The maximum absolute atomic E-state index is 11.5. The van der Waals surface area contributed by atoms with E-state index in [2.05, 4.69) is 4.72 Å². The zero-order chi connectivity index (χ0) is 11.8. The van der Waals surface area contributed by atoms with Crippen LogP contribution in [-0.2, 0) is 10.2 Å². The minimum absolute atomic E-state index is 0.0691. The molecule has 7 heteroatoms. The van der Waals surface area contributed by atoms with Crippen LogP contribution < -0.4 is 9.03 Å². The molecular weight excluding hydrogens is 232 g/mol. The molecule has 1 fully saturated rings. The summed E-state index contributed by atoms with van der Waals surface area (Å²) in [5, 5.41) is 8.80. The van der Waals surface area contributed by atoms with Crippen molar-refractivity contribution in [2.75, 3.05) is 17.4 Å². The van der Waals surface area contributed by atoms with Crippen LogP contribution in [0.3, 0.4) is 0 Å². The van der Waals surface area contributed by atoms with Gasteiger partial charge in [-0.05, 0) is 18.2 Å². The quantitative estimate of drug-likeness (QED) is 0.766. The summed E-state index contributed by atoms with van der Waals surface area (Å²) in [6.07, 6.45) is 0. The Morgan fingerprint density at radius 3 is 2.75 bits per heavy atom. The van der Waals surface area contributed by atoms with E-state index >= 15 is 0 Å². The van der Waals surface area contributed by atoms with Gasteiger partial charge in [-0.2, -0.15) is 13.1 Å². The van der Waals surface area contributed by atoms with Gasteiger partial charge in [-0.3, -0.25) is 4.31 Å². The number of nitrogens with one attached hydrogen (secondary N) is 1. The molecule has 0 saturated carbocycles. The molecule has 1 aromatic carbocycles. The number of hydrogen-bond acceptors (Lipinski definition) is 3. The summed E-state index contributed by atoms with van der Waals surface area (Å²) in [6, 6.07) is 5.85. The zero-order valence-corrected chi connectivity index (χ0v) is 9.07. The van der Waals surface area contributed by atoms with Crippen LogP contribution in [0.1, 0.15) is 10.4 Å². The van der Waals surface area contributed by atoms with Gasteiger partial charge >= 0.3 is 16.2 Å². The summed E-state index contributed by atoms with van der Waals surface area (Å²) in [7, 11) is -3.49. The lowest BCUT2D eigenvalue weighted by atomic mass is 10.2. The van der Waals surface area contributed by atoms with Crippen LogP contribution in [0.5, 0.6) is 0 Å². The minimum Gasteiger partial charge on any atom is -0.478 e. The molecule has 1 aliphatic rings. The topological polar surface area (TPSA) is 86.7 Å². The normalized spacial score (nSPS) is 18.6. The summed E-state index contributed by atoms with van der Waals surface area (Å²) >= 11 is 0. The van der Waals surface area contributed by atoms with Gasteiger partial charge in [-0.25, -0.2) is 4.79 Å². The SMILES string of the molecule is O=C(O)c1cccc(N2CCNS2(=O)=O)c1. The van der Waals surface area contributed by atoms with Crippen molar-refractivity contribution in [1.29, 1.82) is 0 Å². The van der Waals surface area contributed by atoms with E-state index in [1.165, 1.54) is 18.2 Å². The first-order chi connectivity index (χ1) is 7.50. The standard InChI is InChI=1S/C9H10N2O4S/c12-9(13)7-2-1-3-8(6-7)11-5-4-10-16(11,14)15/h1-3,6,10H,4-5H2,(H,12,13). The van der Waals surface area contributed by atoms with Crippen LogP contribution in [0, 0.1) is 0 Å². The fourth-order valence-electron chi connectivity index (χ4n) is 1.54. The third-order valence-electron chi connectivity index (χ3n) is 2.27. The molecule has 6 nitrogen and oxygen atoms in total. The van der Waals surface area contributed by atoms with E-state index in [-0.39, 0.29) is 5.56 Å². The number of hydrogen-bond donors (Lipinski definition) is 2. The lowest BCUT2D eigenvalue weighted by molar-refractivity contribution is 0.0697. The summed E-state index contributed by atoms with van der Waals surface area (Å²) < 4.78 is 26.5. The van der Waals surface area contributed by atoms with Gasteiger partial charge in [-0.1, -0.05) is 6.07 Å². The van der Waals surface area contributed by atoms with Crippen molar-refractivity contribution in [1.82, 2.24) is 4.72 Å². The van der Waals surface area contributed by atoms with Gasteiger partial charge in [0.1, 0.15) is 0 Å². The summed E-state index contributed by atoms with van der Waals surface area (Å²) in [4.78, 5) is 10.7. The fraction of sp³-hybridized carbons (Fsp3) is 0.222. The van der Waals surface area contributed by atoms with E-state index in [0.717, 1.165) is 4.31 Å². The molecular formula is C9H10N2O4S. The van der Waals surface area contributed by atoms with Crippen molar-refractivity contribution in [3.63, 3.8) is 0 Å². The first kappa shape index (κ1) is 10.9. The third-order valence-corrected chi connectivity index (χ3v) is 3.81. The van der Waals surface area contributed by atoms with E-state index in [1.54, 1.807) is 6.07 Å². The van der Waals surface area contributed by atoms with Crippen molar-refractivity contribution in [2.24, 2.45) is 0 Å². The molecule has 1 aliphatic heterocycles. The molecule has 16 heavy (non-hydrogen) atoms. The monoisotopic (exact) mass is 242 g/mol. The molecule has 0 amide bonds. The van der Waals surface area contributed by atoms with Gasteiger partial charge in [0.15, 0.2) is 0 Å². The van der Waals surface area contributed by atoms with Crippen LogP contribution in [0.4, 0.5) is 5.69 Å². The molecule has 0 bridgehead atoms. The number of anilines is 1. The maximum atomic E-state index is 11.5. The van der Waals surface area contributed by atoms with Gasteiger partial charge in [0.25, 0.3) is 0 Å². The molecule has 2 N–H and O–H groups in total. The highest BCUT2D eigenvalue weighted by Gasteiger charge is 2.28. The van der Waals surface area contributed by atoms with Crippen molar-refractivity contribution in [3.8, 4) is 0 Å². The Morgan fingerprint density at radius 1 is 1.44 bits per heavy atom. The van der Waals surface area contributed by atoms with Gasteiger partial charge in [0.2, 0.25) is 0 Å².